The van der Waals surface area contributed by atoms with Crippen molar-refractivity contribution < 1.29 is 0 Å². The minimum Gasteiger partial charge on any atom is -0.356 e. The molecule has 1 rings (SSSR count). The molecule has 0 atom stereocenters. The van der Waals surface area contributed by atoms with E-state index in [1.54, 1.807) is 13.1 Å². The number of rotatable bonds is 0. The molecule has 0 fully saturated rings. The van der Waals surface area contributed by atoms with E-state index in [2.05, 4.69) is 27.6 Å². The van der Waals surface area contributed by atoms with Crippen molar-refractivity contribution in [1.82, 2.24) is 4.98 Å². The molecule has 1 N–H and O–H groups in total. The lowest BCUT2D eigenvalue weighted by Crippen LogP contribution is -2.05. The highest BCUT2D eigenvalue weighted by Gasteiger charge is 1.94. The Bertz CT molecular complexity index is 266. The van der Waals surface area contributed by atoms with Crippen LogP contribution in [0.15, 0.2) is 17.1 Å². The number of pyridine rings is 1. The van der Waals surface area contributed by atoms with Gasteiger partial charge in [0.25, 0.3) is 0 Å². The third-order valence-corrected chi connectivity index (χ3v) is 2.26. The fraction of sp³-hybridized carbons (Fsp3) is 0.167. The topological polar surface area (TPSA) is 32.9 Å². The normalized spacial score (nSPS) is 9.56. The molecule has 9 heavy (non-hydrogen) atoms. The van der Waals surface area contributed by atoms with Gasteiger partial charge in [-0.2, -0.15) is 0 Å². The van der Waals surface area contributed by atoms with Crippen molar-refractivity contribution in [3.63, 3.8) is 0 Å². The molecule has 0 amide bonds. The van der Waals surface area contributed by atoms with E-state index in [0.717, 1.165) is 9.26 Å². The number of H-pyrrole nitrogens is 1. The second-order valence-electron chi connectivity index (χ2n) is 1.78. The van der Waals surface area contributed by atoms with Gasteiger partial charge in [-0.25, -0.2) is 0 Å². The van der Waals surface area contributed by atoms with Crippen LogP contribution in [0.2, 0.25) is 0 Å². The fourth-order valence-corrected chi connectivity index (χ4v) is 0.978. The van der Waals surface area contributed by atoms with Crippen LogP contribution in [0.3, 0.4) is 0 Å². The summed E-state index contributed by atoms with van der Waals surface area (Å²) in [5.41, 5.74) is 0.885. The van der Waals surface area contributed by atoms with Gasteiger partial charge in [0.1, 0.15) is 0 Å². The van der Waals surface area contributed by atoms with E-state index in [4.69, 9.17) is 0 Å². The Morgan fingerprint density at radius 1 is 1.67 bits per heavy atom. The zero-order valence-electron chi connectivity index (χ0n) is 4.94. The summed E-state index contributed by atoms with van der Waals surface area (Å²) in [5, 5.41) is 0. The predicted molar refractivity (Wildman–Crippen MR) is 44.5 cm³/mol. The molecule has 0 saturated carbocycles. The Labute approximate surface area is 66.4 Å². The quantitative estimate of drug-likeness (QED) is 0.533. The number of halogens is 1. The molecule has 1 heterocycles. The van der Waals surface area contributed by atoms with Gasteiger partial charge in [0, 0.05) is 17.8 Å². The Kier molecular flexibility index (Phi) is 1.90. The summed E-state index contributed by atoms with van der Waals surface area (Å²) in [6, 6.07) is 1.53. The van der Waals surface area contributed by atoms with Gasteiger partial charge in [0.2, 0.25) is 0 Å². The van der Waals surface area contributed by atoms with Crippen LogP contribution in [0.1, 0.15) is 5.56 Å². The second kappa shape index (κ2) is 2.51. The van der Waals surface area contributed by atoms with E-state index >= 15 is 0 Å². The lowest BCUT2D eigenvalue weighted by Gasteiger charge is -1.92. The van der Waals surface area contributed by atoms with Crippen LogP contribution in [0.4, 0.5) is 0 Å². The minimum atomic E-state index is 0.0955. The molecule has 48 valence electrons. The zero-order chi connectivity index (χ0) is 6.85. The summed E-state index contributed by atoms with van der Waals surface area (Å²) in [4.78, 5) is 13.7. The van der Waals surface area contributed by atoms with Crippen LogP contribution < -0.4 is 5.43 Å². The number of hydrogen-bond acceptors (Lipinski definition) is 1. The summed E-state index contributed by atoms with van der Waals surface area (Å²) in [7, 11) is 0. The summed E-state index contributed by atoms with van der Waals surface area (Å²) < 4.78 is 0.917. The first-order valence-corrected chi connectivity index (χ1v) is 3.63. The molecule has 0 aromatic carbocycles. The van der Waals surface area contributed by atoms with Gasteiger partial charge in [-0.05, 0) is 29.5 Å². The molecule has 1 aromatic heterocycles. The Morgan fingerprint density at radius 2 is 2.33 bits per heavy atom. The average Bonchev–Trinajstić information content (AvgIpc) is 1.83. The van der Waals surface area contributed by atoms with E-state index in [1.807, 2.05) is 0 Å². The highest BCUT2D eigenvalue weighted by Crippen LogP contribution is 1.99. The predicted octanol–water partition coefficient (Wildman–Crippen LogP) is 1.29. The number of aromatic amines is 1. The van der Waals surface area contributed by atoms with Gasteiger partial charge in [0.15, 0.2) is 5.43 Å². The fourth-order valence-electron chi connectivity index (χ4n) is 0.532. The molecule has 0 saturated heterocycles. The summed E-state index contributed by atoms with van der Waals surface area (Å²) in [5.74, 6) is 0. The molecule has 0 aliphatic rings. The monoisotopic (exact) mass is 235 g/mol. The molecule has 0 bridgehead atoms. The van der Waals surface area contributed by atoms with Gasteiger partial charge in [0.05, 0.1) is 3.70 Å². The van der Waals surface area contributed by atoms with Crippen molar-refractivity contribution in [2.24, 2.45) is 0 Å². The van der Waals surface area contributed by atoms with Gasteiger partial charge >= 0.3 is 0 Å². The lowest BCUT2D eigenvalue weighted by molar-refractivity contribution is 1.18. The maximum absolute atomic E-state index is 10.8. The Balaban J connectivity index is 3.43. The molecule has 0 aliphatic heterocycles. The maximum Gasteiger partial charge on any atom is 0.185 e. The highest BCUT2D eigenvalue weighted by molar-refractivity contribution is 14.1. The molecule has 0 radical (unpaired) electrons. The van der Waals surface area contributed by atoms with Crippen molar-refractivity contribution in [2.75, 3.05) is 0 Å². The Hall–Kier alpha value is -0.320. The van der Waals surface area contributed by atoms with Crippen molar-refractivity contribution in [3.05, 3.63) is 31.8 Å². The largest absolute Gasteiger partial charge is 0.356 e. The second-order valence-corrected chi connectivity index (χ2v) is 2.86. The van der Waals surface area contributed by atoms with E-state index in [1.165, 1.54) is 6.07 Å². The molecule has 0 aliphatic carbocycles. The Morgan fingerprint density at radius 3 is 2.78 bits per heavy atom. The van der Waals surface area contributed by atoms with Crippen LogP contribution in [0.5, 0.6) is 0 Å². The summed E-state index contributed by atoms with van der Waals surface area (Å²) >= 11 is 2.09. The van der Waals surface area contributed by atoms with Crippen molar-refractivity contribution >= 4 is 22.6 Å². The average molecular weight is 235 g/mol. The van der Waals surface area contributed by atoms with Crippen molar-refractivity contribution in [2.45, 2.75) is 6.92 Å². The van der Waals surface area contributed by atoms with Crippen LogP contribution in [-0.2, 0) is 0 Å². The molecule has 0 spiro atoms. The van der Waals surface area contributed by atoms with E-state index in [-0.39, 0.29) is 5.43 Å². The minimum absolute atomic E-state index is 0.0955. The SMILES string of the molecule is Cc1c(I)[nH]ccc1=O. The van der Waals surface area contributed by atoms with Gasteiger partial charge in [-0.3, -0.25) is 4.79 Å². The first kappa shape index (κ1) is 6.80. The third kappa shape index (κ3) is 1.32. The first-order chi connectivity index (χ1) is 4.22. The molecule has 0 unspecified atom stereocenters. The summed E-state index contributed by atoms with van der Waals surface area (Å²) in [6.07, 6.45) is 1.65. The third-order valence-electron chi connectivity index (χ3n) is 1.14. The standard InChI is InChI=1S/C6H6INO/c1-4-5(9)2-3-8-6(4)7/h2-3H,1H3,(H,8,9). The first-order valence-electron chi connectivity index (χ1n) is 2.55. The molecule has 1 aromatic rings. The van der Waals surface area contributed by atoms with E-state index in [9.17, 15) is 4.79 Å². The number of hydrogen-bond donors (Lipinski definition) is 1. The molecule has 3 heteroatoms. The van der Waals surface area contributed by atoms with E-state index in [0.29, 0.717) is 0 Å². The van der Waals surface area contributed by atoms with Crippen LogP contribution in [0, 0.1) is 10.6 Å². The highest BCUT2D eigenvalue weighted by atomic mass is 127. The van der Waals surface area contributed by atoms with Gasteiger partial charge in [-0.1, -0.05) is 0 Å². The molecular formula is C6H6INO. The van der Waals surface area contributed by atoms with Gasteiger partial charge < -0.3 is 4.98 Å². The number of aromatic nitrogens is 1. The maximum atomic E-state index is 10.8. The molecule has 2 nitrogen and oxygen atoms in total. The van der Waals surface area contributed by atoms with Gasteiger partial charge in [-0.15, -0.1) is 0 Å². The summed E-state index contributed by atoms with van der Waals surface area (Å²) in [6.45, 7) is 1.81. The number of nitrogens with one attached hydrogen (secondary N) is 1. The lowest BCUT2D eigenvalue weighted by atomic mass is 10.3. The molecular weight excluding hydrogens is 229 g/mol. The smallest absolute Gasteiger partial charge is 0.185 e. The van der Waals surface area contributed by atoms with E-state index < -0.39 is 0 Å². The van der Waals surface area contributed by atoms with Crippen LogP contribution in [-0.4, -0.2) is 4.98 Å². The van der Waals surface area contributed by atoms with Crippen LogP contribution in [0.25, 0.3) is 0 Å². The zero-order valence-corrected chi connectivity index (χ0v) is 7.10. The van der Waals surface area contributed by atoms with Crippen molar-refractivity contribution in [1.29, 1.82) is 0 Å². The van der Waals surface area contributed by atoms with Crippen molar-refractivity contribution in [3.8, 4) is 0 Å². The van der Waals surface area contributed by atoms with Crippen LogP contribution >= 0.6 is 22.6 Å².